The quantitative estimate of drug-likeness (QED) is 0.373. The van der Waals surface area contributed by atoms with E-state index < -0.39 is 6.04 Å². The summed E-state index contributed by atoms with van der Waals surface area (Å²) in [4.78, 5) is 28.8. The summed E-state index contributed by atoms with van der Waals surface area (Å²) in [6, 6.07) is 22.2. The normalized spacial score (nSPS) is 11.6. The van der Waals surface area contributed by atoms with Gasteiger partial charge in [0.05, 0.1) is 6.42 Å². The Bertz CT molecular complexity index is 1100. The molecule has 0 bridgehead atoms. The zero-order valence-corrected chi connectivity index (χ0v) is 21.1. The van der Waals surface area contributed by atoms with Gasteiger partial charge in [-0.25, -0.2) is 0 Å². The Morgan fingerprint density at radius 1 is 0.912 bits per heavy atom. The highest BCUT2D eigenvalue weighted by atomic mass is 35.5. The fourth-order valence-corrected chi connectivity index (χ4v) is 4.38. The highest BCUT2D eigenvalue weighted by molar-refractivity contribution is 6.36. The van der Waals surface area contributed by atoms with E-state index in [1.807, 2.05) is 68.4 Å². The average Bonchev–Trinajstić information content (AvgIpc) is 2.83. The molecule has 3 rings (SSSR count). The van der Waals surface area contributed by atoms with Crippen LogP contribution in [0.2, 0.25) is 10.0 Å². The summed E-state index contributed by atoms with van der Waals surface area (Å²) in [6.45, 7) is 4.87. The first-order chi connectivity index (χ1) is 16.4. The van der Waals surface area contributed by atoms with E-state index in [0.717, 1.165) is 23.1 Å². The van der Waals surface area contributed by atoms with Crippen molar-refractivity contribution in [3.8, 4) is 0 Å². The largest absolute Gasteiger partial charge is 0.354 e. The number of nitrogens with zero attached hydrogens (tertiary/aromatic N) is 1. The molecule has 0 radical (unpaired) electrons. The molecule has 0 aromatic heterocycles. The lowest BCUT2D eigenvalue weighted by Gasteiger charge is -2.32. The van der Waals surface area contributed by atoms with E-state index in [4.69, 9.17) is 23.2 Å². The van der Waals surface area contributed by atoms with E-state index in [2.05, 4.69) is 5.32 Å². The van der Waals surface area contributed by atoms with Gasteiger partial charge in [0.15, 0.2) is 0 Å². The number of aryl methyl sites for hydroxylation is 1. The zero-order chi connectivity index (χ0) is 24.5. The molecule has 0 fully saturated rings. The van der Waals surface area contributed by atoms with Gasteiger partial charge >= 0.3 is 0 Å². The summed E-state index contributed by atoms with van der Waals surface area (Å²) < 4.78 is 0. The van der Waals surface area contributed by atoms with Gasteiger partial charge in [0, 0.05) is 29.6 Å². The van der Waals surface area contributed by atoms with Gasteiger partial charge in [-0.3, -0.25) is 9.59 Å². The van der Waals surface area contributed by atoms with Gasteiger partial charge in [-0.05, 0) is 47.7 Å². The molecule has 3 aromatic rings. The molecular weight excluding hydrogens is 467 g/mol. The Morgan fingerprint density at radius 3 is 2.21 bits per heavy atom. The van der Waals surface area contributed by atoms with Crippen LogP contribution in [0.1, 0.15) is 35.6 Å². The molecule has 6 heteroatoms. The Kier molecular flexibility index (Phi) is 9.55. The Labute approximate surface area is 211 Å². The van der Waals surface area contributed by atoms with Crippen LogP contribution in [0.25, 0.3) is 0 Å². The van der Waals surface area contributed by atoms with Gasteiger partial charge in [-0.1, -0.05) is 90.8 Å². The lowest BCUT2D eigenvalue weighted by atomic mass is 10.0. The summed E-state index contributed by atoms with van der Waals surface area (Å²) in [5, 5.41) is 3.86. The van der Waals surface area contributed by atoms with Crippen molar-refractivity contribution in [3.63, 3.8) is 0 Å². The fraction of sp³-hybridized carbons (Fsp3) is 0.286. The molecule has 1 N–H and O–H groups in total. The number of amides is 2. The van der Waals surface area contributed by atoms with E-state index in [1.54, 1.807) is 23.1 Å². The van der Waals surface area contributed by atoms with Crippen molar-refractivity contribution in [2.24, 2.45) is 0 Å². The van der Waals surface area contributed by atoms with E-state index in [1.165, 1.54) is 0 Å². The van der Waals surface area contributed by atoms with Crippen molar-refractivity contribution in [1.29, 1.82) is 0 Å². The number of carbonyl (C=O) groups is 2. The van der Waals surface area contributed by atoms with E-state index in [0.29, 0.717) is 35.1 Å². The molecule has 2 amide bonds. The predicted molar refractivity (Wildman–Crippen MR) is 139 cm³/mol. The molecule has 0 aliphatic heterocycles. The summed E-state index contributed by atoms with van der Waals surface area (Å²) in [6.07, 6.45) is 1.23. The fourth-order valence-electron chi connectivity index (χ4n) is 3.84. The van der Waals surface area contributed by atoms with Crippen LogP contribution in [0, 0.1) is 6.92 Å². The maximum absolute atomic E-state index is 13.8. The van der Waals surface area contributed by atoms with Crippen LogP contribution in [0.3, 0.4) is 0 Å². The maximum atomic E-state index is 13.8. The van der Waals surface area contributed by atoms with Gasteiger partial charge in [0.25, 0.3) is 0 Å². The number of halogens is 2. The Hall–Kier alpha value is -2.82. The highest BCUT2D eigenvalue weighted by Crippen LogP contribution is 2.26. The standard InChI is InChI=1S/C28H30Cl2N2O2/c1-3-16-31-28(34)26(17-21-11-5-4-6-12-21)32(19-22-13-8-7-10-20(22)2)27(33)18-23-24(29)14-9-15-25(23)30/h4-15,26H,3,16-19H2,1-2H3,(H,31,34). The summed E-state index contributed by atoms with van der Waals surface area (Å²) in [7, 11) is 0. The monoisotopic (exact) mass is 496 g/mol. The molecule has 0 aliphatic rings. The molecule has 0 saturated heterocycles. The number of hydrogen-bond acceptors (Lipinski definition) is 2. The van der Waals surface area contributed by atoms with E-state index in [-0.39, 0.29) is 18.2 Å². The first-order valence-electron chi connectivity index (χ1n) is 11.5. The van der Waals surface area contributed by atoms with E-state index >= 15 is 0 Å². The van der Waals surface area contributed by atoms with Crippen molar-refractivity contribution in [1.82, 2.24) is 10.2 Å². The average molecular weight is 497 g/mol. The number of carbonyl (C=O) groups excluding carboxylic acids is 2. The van der Waals surface area contributed by atoms with Crippen LogP contribution >= 0.6 is 23.2 Å². The number of hydrogen-bond donors (Lipinski definition) is 1. The lowest BCUT2D eigenvalue weighted by molar-refractivity contribution is -0.140. The van der Waals surface area contributed by atoms with Gasteiger partial charge in [0.2, 0.25) is 11.8 Å². The van der Waals surface area contributed by atoms with Crippen molar-refractivity contribution in [2.75, 3.05) is 6.54 Å². The Morgan fingerprint density at radius 2 is 1.56 bits per heavy atom. The van der Waals surface area contributed by atoms with Gasteiger partial charge in [-0.2, -0.15) is 0 Å². The number of benzene rings is 3. The van der Waals surface area contributed by atoms with Crippen molar-refractivity contribution in [2.45, 2.75) is 45.7 Å². The molecule has 3 aromatic carbocycles. The highest BCUT2D eigenvalue weighted by Gasteiger charge is 2.31. The molecule has 1 unspecified atom stereocenters. The minimum absolute atomic E-state index is 0.0107. The van der Waals surface area contributed by atoms with Gasteiger partial charge in [0.1, 0.15) is 6.04 Å². The third-order valence-corrected chi connectivity index (χ3v) is 6.52. The third kappa shape index (κ3) is 6.85. The van der Waals surface area contributed by atoms with Gasteiger partial charge in [-0.15, -0.1) is 0 Å². The second-order valence-corrected chi connectivity index (χ2v) is 9.14. The molecular formula is C28H30Cl2N2O2. The van der Waals surface area contributed by atoms with Crippen molar-refractivity contribution in [3.05, 3.63) is 105 Å². The Balaban J connectivity index is 2.00. The van der Waals surface area contributed by atoms with Crippen LogP contribution in [-0.4, -0.2) is 29.3 Å². The second kappa shape index (κ2) is 12.6. The van der Waals surface area contributed by atoms with Gasteiger partial charge < -0.3 is 10.2 Å². The van der Waals surface area contributed by atoms with Crippen LogP contribution < -0.4 is 5.32 Å². The zero-order valence-electron chi connectivity index (χ0n) is 19.6. The van der Waals surface area contributed by atoms with Crippen LogP contribution in [0.15, 0.2) is 72.8 Å². The number of nitrogens with one attached hydrogen (secondary N) is 1. The molecule has 0 saturated carbocycles. The van der Waals surface area contributed by atoms with Crippen LogP contribution in [0.4, 0.5) is 0 Å². The molecule has 1 atom stereocenters. The lowest BCUT2D eigenvalue weighted by Crippen LogP contribution is -2.51. The molecule has 178 valence electrons. The molecule has 34 heavy (non-hydrogen) atoms. The van der Waals surface area contributed by atoms with Crippen molar-refractivity contribution >= 4 is 35.0 Å². The predicted octanol–water partition coefficient (Wildman–Crippen LogP) is 6.01. The summed E-state index contributed by atoms with van der Waals surface area (Å²) >= 11 is 12.7. The van der Waals surface area contributed by atoms with E-state index in [9.17, 15) is 9.59 Å². The molecule has 4 nitrogen and oxygen atoms in total. The van der Waals surface area contributed by atoms with Crippen LogP contribution in [0.5, 0.6) is 0 Å². The summed E-state index contributed by atoms with van der Waals surface area (Å²) in [5.41, 5.74) is 3.60. The molecule has 0 spiro atoms. The smallest absolute Gasteiger partial charge is 0.243 e. The molecule has 0 heterocycles. The maximum Gasteiger partial charge on any atom is 0.243 e. The second-order valence-electron chi connectivity index (χ2n) is 8.32. The number of rotatable bonds is 10. The first-order valence-corrected chi connectivity index (χ1v) is 12.2. The van der Waals surface area contributed by atoms with Crippen LogP contribution in [-0.2, 0) is 29.0 Å². The summed E-state index contributed by atoms with van der Waals surface area (Å²) in [5.74, 6) is -0.372. The first kappa shape index (κ1) is 25.8. The third-order valence-electron chi connectivity index (χ3n) is 5.81. The topological polar surface area (TPSA) is 49.4 Å². The molecule has 0 aliphatic carbocycles. The minimum Gasteiger partial charge on any atom is -0.354 e. The van der Waals surface area contributed by atoms with Crippen molar-refractivity contribution < 1.29 is 9.59 Å². The minimum atomic E-state index is -0.678. The SMILES string of the molecule is CCCNC(=O)C(Cc1ccccc1)N(Cc1ccccc1C)C(=O)Cc1c(Cl)cccc1Cl.